The fourth-order valence-electron chi connectivity index (χ4n) is 10.1. The molecule has 6 atom stereocenters. The lowest BCUT2D eigenvalue weighted by Crippen LogP contribution is -2.70. The second-order valence-electron chi connectivity index (χ2n) is 17.2. The first-order chi connectivity index (χ1) is 32.1. The van der Waals surface area contributed by atoms with Crippen LogP contribution in [0, 0.1) is 41.7 Å². The summed E-state index contributed by atoms with van der Waals surface area (Å²) in [5.41, 5.74) is 5.17. The highest BCUT2D eigenvalue weighted by Gasteiger charge is 2.66. The van der Waals surface area contributed by atoms with Gasteiger partial charge in [-0.05, 0) is 128 Å². The number of hydrogen-bond acceptors (Lipinski definition) is 13. The molecule has 2 heterocycles. The zero-order valence-electron chi connectivity index (χ0n) is 37.6. The lowest BCUT2D eigenvalue weighted by Gasteiger charge is -2.59. The van der Waals surface area contributed by atoms with Gasteiger partial charge in [0.2, 0.25) is 12.6 Å². The third kappa shape index (κ3) is 9.46. The second kappa shape index (κ2) is 20.4. The molecule has 1 amide bonds. The van der Waals surface area contributed by atoms with Crippen LogP contribution in [0.2, 0.25) is 0 Å². The Morgan fingerprint density at radius 1 is 0.909 bits per heavy atom. The van der Waals surface area contributed by atoms with E-state index in [1.807, 2.05) is 55.5 Å². The Morgan fingerprint density at radius 3 is 2.35 bits per heavy atom. The Hall–Kier alpha value is -6.42. The molecule has 2 aliphatic carbocycles. The molecular formula is C51H57N3O12. The van der Waals surface area contributed by atoms with E-state index in [4.69, 9.17) is 33.3 Å². The van der Waals surface area contributed by atoms with Gasteiger partial charge in [0, 0.05) is 49.8 Å². The van der Waals surface area contributed by atoms with Gasteiger partial charge < -0.3 is 43.5 Å². The van der Waals surface area contributed by atoms with Crippen molar-refractivity contribution < 1.29 is 53.2 Å². The molecule has 4 aromatic rings. The number of fused-ring (bicyclic) bond motifs is 3. The summed E-state index contributed by atoms with van der Waals surface area (Å²) < 4.78 is 38.5. The molecule has 4 aromatic carbocycles. The predicted octanol–water partition coefficient (Wildman–Crippen LogP) is 9.70. The summed E-state index contributed by atoms with van der Waals surface area (Å²) in [6.45, 7) is 8.36. The van der Waals surface area contributed by atoms with Crippen molar-refractivity contribution in [2.75, 3.05) is 33.7 Å². The number of hydrogen-bond donors (Lipinski definition) is 2. The lowest BCUT2D eigenvalue weighted by molar-refractivity contribution is -0.384. The molecule has 0 aromatic heterocycles. The van der Waals surface area contributed by atoms with Crippen molar-refractivity contribution in [1.82, 2.24) is 4.90 Å². The van der Waals surface area contributed by atoms with Gasteiger partial charge in [-0.1, -0.05) is 42.3 Å². The second-order valence-corrected chi connectivity index (χ2v) is 17.2. The van der Waals surface area contributed by atoms with Crippen LogP contribution >= 0.6 is 0 Å². The number of amides is 1. The fourth-order valence-corrected chi connectivity index (χ4v) is 10.1. The molecule has 0 bridgehead atoms. The number of nitrogens with zero attached hydrogens (tertiary/aromatic N) is 3. The first-order valence-electron chi connectivity index (χ1n) is 22.6. The van der Waals surface area contributed by atoms with Gasteiger partial charge in [0.25, 0.3) is 5.69 Å². The lowest BCUT2D eigenvalue weighted by atomic mass is 9.55. The summed E-state index contributed by atoms with van der Waals surface area (Å²) in [5.74, 6) is 0.593. The average molecular weight is 904 g/mol. The molecular weight excluding hydrogens is 847 g/mol. The molecule has 0 saturated heterocycles. The summed E-state index contributed by atoms with van der Waals surface area (Å²) in [4.78, 5) is 33.2. The highest BCUT2D eigenvalue weighted by atomic mass is 16.7. The third-order valence-electron chi connectivity index (χ3n) is 13.2. The van der Waals surface area contributed by atoms with E-state index >= 15 is 4.79 Å². The Kier molecular flexibility index (Phi) is 14.3. The number of benzene rings is 4. The molecule has 2 aliphatic heterocycles. The third-order valence-corrected chi connectivity index (χ3v) is 13.2. The van der Waals surface area contributed by atoms with Gasteiger partial charge in [-0.25, -0.2) is 4.79 Å². The highest BCUT2D eigenvalue weighted by molar-refractivity contribution is 6.03. The number of ether oxygens (including phenoxy) is 6. The first-order valence-corrected chi connectivity index (χ1v) is 22.6. The molecule has 1 fully saturated rings. The molecule has 6 unspecified atom stereocenters. The summed E-state index contributed by atoms with van der Waals surface area (Å²) >= 11 is 0. The van der Waals surface area contributed by atoms with Gasteiger partial charge in [0.15, 0.2) is 11.5 Å². The number of non-ortho nitro benzene ring substituents is 1. The van der Waals surface area contributed by atoms with E-state index in [2.05, 4.69) is 24.7 Å². The number of aliphatic hydroxyl groups excluding tert-OH is 2. The maximum Gasteiger partial charge on any atom is 0.416 e. The maximum atomic E-state index is 15.1. The average Bonchev–Trinajstić information content (AvgIpc) is 3.79. The van der Waals surface area contributed by atoms with Gasteiger partial charge in [0.1, 0.15) is 36.1 Å². The highest BCUT2D eigenvalue weighted by Crippen LogP contribution is 2.62. The number of carbonyl (C=O) groups excluding carboxylic acids is 1. The molecule has 348 valence electrons. The van der Waals surface area contributed by atoms with Gasteiger partial charge in [-0.15, -0.1) is 6.58 Å². The fraction of sp³-hybridized carbons (Fsp3) is 0.412. The van der Waals surface area contributed by atoms with E-state index < -0.39 is 28.8 Å². The van der Waals surface area contributed by atoms with Crippen LogP contribution in [0.3, 0.4) is 0 Å². The van der Waals surface area contributed by atoms with Crippen LogP contribution in [-0.4, -0.2) is 77.4 Å². The van der Waals surface area contributed by atoms with Gasteiger partial charge in [-0.3, -0.25) is 15.0 Å². The Balaban J connectivity index is 1.32. The normalized spacial score (nSPS) is 22.9. The summed E-state index contributed by atoms with van der Waals surface area (Å²) in [7, 11) is 1.49. The summed E-state index contributed by atoms with van der Waals surface area (Å²) in [6.07, 6.45) is 7.59. The Bertz CT molecular complexity index is 2470. The van der Waals surface area contributed by atoms with E-state index in [-0.39, 0.29) is 68.8 Å². The van der Waals surface area contributed by atoms with Gasteiger partial charge in [0.05, 0.1) is 23.2 Å². The number of nitro groups is 1. The topological polar surface area (TPSA) is 181 Å². The largest absolute Gasteiger partial charge is 0.459 e. The summed E-state index contributed by atoms with van der Waals surface area (Å²) in [6, 6.07) is 21.7. The van der Waals surface area contributed by atoms with Gasteiger partial charge in [-0.2, -0.15) is 0 Å². The van der Waals surface area contributed by atoms with Crippen molar-refractivity contribution in [2.45, 2.75) is 83.1 Å². The van der Waals surface area contributed by atoms with Crippen molar-refractivity contribution >= 4 is 17.5 Å². The molecule has 1 saturated carbocycles. The minimum atomic E-state index is -1.59. The predicted molar refractivity (Wildman–Crippen MR) is 245 cm³/mol. The van der Waals surface area contributed by atoms with E-state index in [1.165, 1.54) is 31.4 Å². The maximum absolute atomic E-state index is 15.1. The monoisotopic (exact) mass is 903 g/mol. The number of rotatable bonds is 19. The van der Waals surface area contributed by atoms with Crippen LogP contribution in [0.1, 0.15) is 73.1 Å². The molecule has 15 heteroatoms. The number of oxime groups is 1. The minimum Gasteiger partial charge on any atom is -0.459 e. The minimum absolute atomic E-state index is 0.00824. The van der Waals surface area contributed by atoms with Crippen LogP contribution in [0.15, 0.2) is 108 Å². The quantitative estimate of drug-likeness (QED) is 0.0394. The number of unbranched alkanes of at least 4 members (excludes halogenated alkanes) is 2. The zero-order chi connectivity index (χ0) is 46.4. The molecule has 2 N–H and O–H groups in total. The van der Waals surface area contributed by atoms with Crippen molar-refractivity contribution in [1.29, 1.82) is 0 Å². The van der Waals surface area contributed by atoms with Crippen molar-refractivity contribution in [3.8, 4) is 34.5 Å². The van der Waals surface area contributed by atoms with Crippen LogP contribution in [-0.2, 0) is 16.1 Å². The molecule has 8 rings (SSSR count). The number of allylic oxidation sites excluding steroid dienone is 1. The van der Waals surface area contributed by atoms with Gasteiger partial charge >= 0.3 is 6.09 Å². The molecule has 0 spiro atoms. The Labute approximate surface area is 384 Å². The van der Waals surface area contributed by atoms with Crippen LogP contribution in [0.25, 0.3) is 0 Å². The smallest absolute Gasteiger partial charge is 0.416 e. The molecule has 0 radical (unpaired) electrons. The van der Waals surface area contributed by atoms with E-state index in [0.717, 1.165) is 47.9 Å². The van der Waals surface area contributed by atoms with Crippen molar-refractivity contribution in [3.05, 3.63) is 136 Å². The van der Waals surface area contributed by atoms with Crippen LogP contribution < -0.4 is 23.7 Å². The Morgan fingerprint density at radius 2 is 1.62 bits per heavy atom. The first kappa shape index (κ1) is 46.1. The molecule has 66 heavy (non-hydrogen) atoms. The zero-order valence-corrected chi connectivity index (χ0v) is 37.6. The van der Waals surface area contributed by atoms with Crippen LogP contribution in [0.5, 0.6) is 34.5 Å². The number of nitro benzene ring substituents is 1. The van der Waals surface area contributed by atoms with E-state index in [9.17, 15) is 20.3 Å². The number of carbonyl (C=O) groups is 1. The van der Waals surface area contributed by atoms with E-state index in [1.54, 1.807) is 17.0 Å². The molecule has 15 nitrogen and oxygen atoms in total. The SMILES string of the molecule is C=CCOC12Oc3ccc(Oc4ccc(C)c(C)c4)cc3C3C(CCCCO)C(CCCCO)C=C(C(=NOC)CC1N(Cc1ccc4c(c1)OCO4)C(=O)Oc1ccc([N+](=O)[O-])cc1)C32. The van der Waals surface area contributed by atoms with E-state index in [0.29, 0.717) is 52.9 Å². The van der Waals surface area contributed by atoms with Crippen molar-refractivity contribution in [3.63, 3.8) is 0 Å². The number of aliphatic hydroxyl groups is 2. The van der Waals surface area contributed by atoms with Crippen LogP contribution in [0.4, 0.5) is 10.5 Å². The summed E-state index contributed by atoms with van der Waals surface area (Å²) in [5, 5.41) is 36.1. The molecule has 4 aliphatic rings. The number of aryl methyl sites for hydroxylation is 2. The standard InChI is InChI=1S/C51H57N3O12/c1-5-24-63-51-47(53(30-34-13-20-45-46(26-34)62-31-61-45)50(57)65-37-17-14-36(15-18-37)54(58)59)29-43(52-60-4)41-27-35(10-6-8-22-55)40(11-7-9-23-56)48(49(41)51)42-28-39(19-21-44(42)66-51)64-38-16-12-32(2)33(3)25-38/h5,12-21,25-28,35,40,47-49,55-56H,1,6-11,22-24,29-31H2,2-4H3. The van der Waals surface area contributed by atoms with Crippen molar-refractivity contribution in [2.24, 2.45) is 22.9 Å².